The maximum atomic E-state index is 11.2. The SMILES string of the molecule is Cc1ccc(-c2ccc(C(=O)N=[N+]=[N-])o2)cc1. The van der Waals surface area contributed by atoms with Crippen molar-refractivity contribution in [2.24, 2.45) is 5.11 Å². The van der Waals surface area contributed by atoms with Crippen LogP contribution >= 0.6 is 0 Å². The Morgan fingerprint density at radius 2 is 1.94 bits per heavy atom. The molecule has 1 aromatic carbocycles. The molecule has 5 heteroatoms. The van der Waals surface area contributed by atoms with E-state index in [1.807, 2.05) is 31.2 Å². The molecular formula is C12H9N3O2. The van der Waals surface area contributed by atoms with E-state index in [0.717, 1.165) is 11.1 Å². The predicted molar refractivity (Wildman–Crippen MR) is 62.4 cm³/mol. The smallest absolute Gasteiger partial charge is 0.284 e. The number of aryl methyl sites for hydroxylation is 1. The van der Waals surface area contributed by atoms with Gasteiger partial charge in [0.1, 0.15) is 5.76 Å². The average Bonchev–Trinajstić information content (AvgIpc) is 2.80. The summed E-state index contributed by atoms with van der Waals surface area (Å²) >= 11 is 0. The number of carbonyl (C=O) groups excluding carboxylic acids is 1. The molecule has 1 aromatic heterocycles. The van der Waals surface area contributed by atoms with Crippen molar-refractivity contribution in [1.29, 1.82) is 0 Å². The number of nitrogens with zero attached hydrogens (tertiary/aromatic N) is 3. The fourth-order valence-corrected chi connectivity index (χ4v) is 1.42. The molecule has 0 bridgehead atoms. The summed E-state index contributed by atoms with van der Waals surface area (Å²) in [6.07, 6.45) is 0. The van der Waals surface area contributed by atoms with Gasteiger partial charge >= 0.3 is 0 Å². The lowest BCUT2D eigenvalue weighted by molar-refractivity contribution is 0.0975. The summed E-state index contributed by atoms with van der Waals surface area (Å²) in [5, 5.41) is 2.96. The highest BCUT2D eigenvalue weighted by Gasteiger charge is 2.10. The summed E-state index contributed by atoms with van der Waals surface area (Å²) in [7, 11) is 0. The summed E-state index contributed by atoms with van der Waals surface area (Å²) in [5.41, 5.74) is 10.2. The number of benzene rings is 1. The van der Waals surface area contributed by atoms with E-state index in [2.05, 4.69) is 10.0 Å². The van der Waals surface area contributed by atoms with Gasteiger partial charge in [-0.3, -0.25) is 4.79 Å². The standard InChI is InChI=1S/C12H9N3O2/c1-8-2-4-9(5-3-8)10-6-7-11(17-10)12(16)14-15-13/h2-7H,1H3. The third kappa shape index (κ3) is 2.35. The zero-order chi connectivity index (χ0) is 12.3. The van der Waals surface area contributed by atoms with Crippen LogP contribution in [0.2, 0.25) is 0 Å². The number of azide groups is 1. The van der Waals surface area contributed by atoms with Gasteiger partial charge in [0.05, 0.1) is 0 Å². The molecule has 0 unspecified atom stereocenters. The van der Waals surface area contributed by atoms with Gasteiger partial charge in [0.15, 0.2) is 5.76 Å². The van der Waals surface area contributed by atoms with Crippen LogP contribution in [0.1, 0.15) is 16.1 Å². The molecule has 17 heavy (non-hydrogen) atoms. The molecular weight excluding hydrogens is 218 g/mol. The summed E-state index contributed by atoms with van der Waals surface area (Å²) in [6, 6.07) is 10.9. The molecule has 84 valence electrons. The quantitative estimate of drug-likeness (QED) is 0.445. The fourth-order valence-electron chi connectivity index (χ4n) is 1.42. The van der Waals surface area contributed by atoms with Gasteiger partial charge in [-0.15, -0.1) is 0 Å². The van der Waals surface area contributed by atoms with Crippen molar-refractivity contribution in [2.45, 2.75) is 6.92 Å². The lowest BCUT2D eigenvalue weighted by atomic mass is 10.1. The highest BCUT2D eigenvalue weighted by atomic mass is 16.3. The highest BCUT2D eigenvalue weighted by Crippen LogP contribution is 2.22. The Kier molecular flexibility index (Phi) is 2.94. The summed E-state index contributed by atoms with van der Waals surface area (Å²) in [5.74, 6) is -0.106. The molecule has 0 fully saturated rings. The lowest BCUT2D eigenvalue weighted by Crippen LogP contribution is -1.88. The van der Waals surface area contributed by atoms with Crippen molar-refractivity contribution < 1.29 is 9.21 Å². The molecule has 0 atom stereocenters. The molecule has 1 amide bonds. The van der Waals surface area contributed by atoms with Crippen LogP contribution in [0.25, 0.3) is 21.8 Å². The van der Waals surface area contributed by atoms with Crippen LogP contribution in [0.4, 0.5) is 0 Å². The van der Waals surface area contributed by atoms with Crippen LogP contribution < -0.4 is 0 Å². The highest BCUT2D eigenvalue weighted by molar-refractivity contribution is 5.92. The number of furan rings is 1. The second-order valence-electron chi connectivity index (χ2n) is 3.52. The molecule has 0 N–H and O–H groups in total. The van der Waals surface area contributed by atoms with Gasteiger partial charge < -0.3 is 4.42 Å². The van der Waals surface area contributed by atoms with E-state index in [0.29, 0.717) is 5.76 Å². The first-order chi connectivity index (χ1) is 8.20. The van der Waals surface area contributed by atoms with Crippen LogP contribution in [0.5, 0.6) is 0 Å². The molecule has 0 saturated heterocycles. The van der Waals surface area contributed by atoms with Crippen LogP contribution in [0.15, 0.2) is 45.9 Å². The van der Waals surface area contributed by atoms with Gasteiger partial charge in [0.25, 0.3) is 5.91 Å². The Morgan fingerprint density at radius 1 is 1.24 bits per heavy atom. The van der Waals surface area contributed by atoms with Crippen molar-refractivity contribution in [2.75, 3.05) is 0 Å². The average molecular weight is 227 g/mol. The molecule has 2 rings (SSSR count). The number of hydrogen-bond acceptors (Lipinski definition) is 2. The maximum absolute atomic E-state index is 11.2. The zero-order valence-electron chi connectivity index (χ0n) is 9.12. The van der Waals surface area contributed by atoms with Crippen LogP contribution in [-0.2, 0) is 0 Å². The van der Waals surface area contributed by atoms with Crippen LogP contribution in [0.3, 0.4) is 0 Å². The van der Waals surface area contributed by atoms with Gasteiger partial charge in [0.2, 0.25) is 0 Å². The van der Waals surface area contributed by atoms with Crippen molar-refractivity contribution in [1.82, 2.24) is 0 Å². The molecule has 0 spiro atoms. The first kappa shape index (κ1) is 11.0. The number of amides is 1. The van der Waals surface area contributed by atoms with Gasteiger partial charge in [-0.2, -0.15) is 0 Å². The van der Waals surface area contributed by atoms with E-state index in [-0.39, 0.29) is 5.76 Å². The minimum absolute atomic E-state index is 0.0402. The molecule has 2 aromatic rings. The van der Waals surface area contributed by atoms with Crippen molar-refractivity contribution in [3.05, 3.63) is 58.2 Å². The molecule has 0 aliphatic rings. The largest absolute Gasteiger partial charge is 0.453 e. The third-order valence-electron chi connectivity index (χ3n) is 2.29. The van der Waals surface area contributed by atoms with Crippen molar-refractivity contribution in [3.8, 4) is 11.3 Å². The van der Waals surface area contributed by atoms with E-state index < -0.39 is 5.91 Å². The molecule has 5 nitrogen and oxygen atoms in total. The number of rotatable bonds is 2. The van der Waals surface area contributed by atoms with Crippen molar-refractivity contribution in [3.63, 3.8) is 0 Å². The molecule has 1 heterocycles. The van der Waals surface area contributed by atoms with E-state index >= 15 is 0 Å². The first-order valence-electron chi connectivity index (χ1n) is 4.97. The second-order valence-corrected chi connectivity index (χ2v) is 3.52. The van der Waals surface area contributed by atoms with E-state index in [9.17, 15) is 4.79 Å². The Labute approximate surface area is 97.3 Å². The topological polar surface area (TPSA) is 79.0 Å². The van der Waals surface area contributed by atoms with Gasteiger partial charge in [0, 0.05) is 10.5 Å². The van der Waals surface area contributed by atoms with Crippen LogP contribution in [-0.4, -0.2) is 5.91 Å². The van der Waals surface area contributed by atoms with Gasteiger partial charge in [-0.05, 0) is 29.7 Å². The van der Waals surface area contributed by atoms with Crippen LogP contribution in [0, 0.1) is 6.92 Å². The normalized spacial score (nSPS) is 9.71. The lowest BCUT2D eigenvalue weighted by Gasteiger charge is -1.97. The number of carbonyl (C=O) groups is 1. The Bertz CT molecular complexity index is 592. The first-order valence-corrected chi connectivity index (χ1v) is 4.97. The van der Waals surface area contributed by atoms with Crippen molar-refractivity contribution >= 4 is 5.91 Å². The van der Waals surface area contributed by atoms with E-state index in [4.69, 9.17) is 9.95 Å². The molecule has 0 aliphatic carbocycles. The molecule has 0 aliphatic heterocycles. The summed E-state index contributed by atoms with van der Waals surface area (Å²) in [6.45, 7) is 1.99. The maximum Gasteiger partial charge on any atom is 0.284 e. The monoisotopic (exact) mass is 227 g/mol. The second kappa shape index (κ2) is 4.55. The predicted octanol–water partition coefficient (Wildman–Crippen LogP) is 3.71. The minimum Gasteiger partial charge on any atom is -0.453 e. The third-order valence-corrected chi connectivity index (χ3v) is 2.29. The summed E-state index contributed by atoms with van der Waals surface area (Å²) < 4.78 is 5.31. The number of hydrogen-bond donors (Lipinski definition) is 0. The molecule has 0 radical (unpaired) electrons. The minimum atomic E-state index is -0.717. The van der Waals surface area contributed by atoms with Gasteiger partial charge in [-0.1, -0.05) is 29.8 Å². The Hall–Kier alpha value is -2.52. The Balaban J connectivity index is 2.32. The summed E-state index contributed by atoms with van der Waals surface area (Å²) in [4.78, 5) is 13.7. The van der Waals surface area contributed by atoms with E-state index in [1.54, 1.807) is 6.07 Å². The fraction of sp³-hybridized carbons (Fsp3) is 0.0833. The van der Waals surface area contributed by atoms with Gasteiger partial charge in [-0.25, -0.2) is 0 Å². The Morgan fingerprint density at radius 3 is 2.59 bits per heavy atom. The molecule has 0 saturated carbocycles. The van der Waals surface area contributed by atoms with E-state index in [1.165, 1.54) is 6.07 Å². The zero-order valence-corrected chi connectivity index (χ0v) is 9.12.